The van der Waals surface area contributed by atoms with Gasteiger partial charge in [-0.1, -0.05) is 11.6 Å². The van der Waals surface area contributed by atoms with Gasteiger partial charge in [-0.2, -0.15) is 0 Å². The number of nitrogens with one attached hydrogen (secondary N) is 1. The van der Waals surface area contributed by atoms with Crippen LogP contribution >= 0.6 is 11.6 Å². The van der Waals surface area contributed by atoms with Gasteiger partial charge in [0.05, 0.1) is 19.5 Å². The Morgan fingerprint density at radius 1 is 1.39 bits per heavy atom. The van der Waals surface area contributed by atoms with Crippen LogP contribution in [0.15, 0.2) is 35.9 Å². The molecule has 120 valence electrons. The van der Waals surface area contributed by atoms with Crippen LogP contribution in [0.2, 0.25) is 5.02 Å². The van der Waals surface area contributed by atoms with Gasteiger partial charge in [0.15, 0.2) is 11.5 Å². The van der Waals surface area contributed by atoms with Crippen molar-refractivity contribution in [1.82, 2.24) is 9.97 Å². The molecule has 0 unspecified atom stereocenters. The zero-order chi connectivity index (χ0) is 16.8. The smallest absolute Gasteiger partial charge is 0.221 e. The van der Waals surface area contributed by atoms with Crippen LogP contribution in [-0.4, -0.2) is 24.1 Å². The monoisotopic (exact) mass is 335 g/mol. The highest BCUT2D eigenvalue weighted by atomic mass is 35.5. The molecular weight excluding hydrogens is 322 g/mol. The van der Waals surface area contributed by atoms with Crippen molar-refractivity contribution in [1.29, 1.82) is 0 Å². The Kier molecular flexibility index (Phi) is 5.32. The quantitative estimate of drug-likeness (QED) is 0.616. The van der Waals surface area contributed by atoms with Gasteiger partial charge in [-0.15, -0.1) is 4.91 Å². The molecule has 0 aromatic carbocycles. The van der Waals surface area contributed by atoms with Gasteiger partial charge in [-0.05, 0) is 17.3 Å². The molecule has 2 aromatic heterocycles. The average Bonchev–Trinajstić information content (AvgIpc) is 2.60. The van der Waals surface area contributed by atoms with Crippen LogP contribution in [0.1, 0.15) is 5.69 Å². The van der Waals surface area contributed by atoms with Gasteiger partial charge in [0, 0.05) is 13.2 Å². The maximum Gasteiger partial charge on any atom is 0.221 e. The molecule has 2 aromatic rings. The molecule has 0 spiro atoms. The minimum absolute atomic E-state index is 0.0642. The summed E-state index contributed by atoms with van der Waals surface area (Å²) in [5.41, 5.74) is 6.34. The molecule has 3 N–H and O–H groups in total. The maximum atomic E-state index is 10.7. The fraction of sp³-hybridized carbons (Fsp3) is 0.143. The predicted octanol–water partition coefficient (Wildman–Crippen LogP) is 2.91. The first-order valence-electron chi connectivity index (χ1n) is 6.44. The largest absolute Gasteiger partial charge is 0.495 e. The Morgan fingerprint density at radius 2 is 2.17 bits per heavy atom. The van der Waals surface area contributed by atoms with Crippen LogP contribution in [0.4, 0.5) is 11.5 Å². The summed E-state index contributed by atoms with van der Waals surface area (Å²) in [6, 6.07) is 3.40. The summed E-state index contributed by atoms with van der Waals surface area (Å²) in [7, 11) is 3.13. The molecular formula is C14H14ClN5O3. The van der Waals surface area contributed by atoms with Crippen LogP contribution in [0.5, 0.6) is 11.5 Å². The topological polar surface area (TPSA) is 112 Å². The van der Waals surface area contributed by atoms with Gasteiger partial charge in [-0.3, -0.25) is 0 Å². The van der Waals surface area contributed by atoms with Gasteiger partial charge in [0.2, 0.25) is 5.82 Å². The van der Waals surface area contributed by atoms with Crippen molar-refractivity contribution in [2.24, 2.45) is 10.9 Å². The van der Waals surface area contributed by atoms with Crippen molar-refractivity contribution in [2.45, 2.75) is 0 Å². The highest BCUT2D eigenvalue weighted by Crippen LogP contribution is 2.38. The number of anilines is 1. The molecule has 0 atom stereocenters. The van der Waals surface area contributed by atoms with E-state index in [9.17, 15) is 4.91 Å². The van der Waals surface area contributed by atoms with Crippen LogP contribution < -0.4 is 20.5 Å². The third-order valence-corrected chi connectivity index (χ3v) is 3.27. The Hall–Kier alpha value is -2.87. The summed E-state index contributed by atoms with van der Waals surface area (Å²) in [5, 5.41) is 5.70. The zero-order valence-corrected chi connectivity index (χ0v) is 13.2. The Labute approximate surface area is 137 Å². The minimum Gasteiger partial charge on any atom is -0.495 e. The molecule has 0 aliphatic carbocycles. The fourth-order valence-electron chi connectivity index (χ4n) is 1.76. The molecule has 2 heterocycles. The highest BCUT2D eigenvalue weighted by Gasteiger charge is 2.16. The molecule has 0 bridgehead atoms. The molecule has 0 saturated heterocycles. The summed E-state index contributed by atoms with van der Waals surface area (Å²) in [6.45, 7) is 0. The molecule has 0 aliphatic heterocycles. The van der Waals surface area contributed by atoms with E-state index in [2.05, 4.69) is 20.5 Å². The van der Waals surface area contributed by atoms with Crippen molar-refractivity contribution in [3.8, 4) is 11.5 Å². The summed E-state index contributed by atoms with van der Waals surface area (Å²) in [4.78, 5) is 18.8. The molecule has 0 fully saturated rings. The Bertz CT molecular complexity index is 734. The number of rotatable bonds is 6. The van der Waals surface area contributed by atoms with Crippen LogP contribution in [0, 0.1) is 4.91 Å². The second-order valence-corrected chi connectivity index (χ2v) is 4.57. The third kappa shape index (κ3) is 3.49. The molecule has 23 heavy (non-hydrogen) atoms. The number of ether oxygens (including phenoxy) is 2. The number of nitroso groups, excluding NO2 is 1. The lowest BCUT2D eigenvalue weighted by Crippen LogP contribution is -2.03. The first-order valence-corrected chi connectivity index (χ1v) is 6.82. The number of aromatic nitrogens is 2. The van der Waals surface area contributed by atoms with E-state index in [-0.39, 0.29) is 28.0 Å². The van der Waals surface area contributed by atoms with E-state index in [0.717, 1.165) is 0 Å². The zero-order valence-electron chi connectivity index (χ0n) is 12.4. The highest BCUT2D eigenvalue weighted by molar-refractivity contribution is 6.35. The number of pyridine rings is 2. The van der Waals surface area contributed by atoms with E-state index in [0.29, 0.717) is 11.4 Å². The fourth-order valence-corrected chi connectivity index (χ4v) is 2.03. The van der Waals surface area contributed by atoms with E-state index in [1.54, 1.807) is 26.3 Å². The van der Waals surface area contributed by atoms with E-state index in [1.807, 2.05) is 0 Å². The predicted molar refractivity (Wildman–Crippen MR) is 87.8 cm³/mol. The summed E-state index contributed by atoms with van der Waals surface area (Å²) in [6.07, 6.45) is 4.06. The number of nitrogens with zero attached hydrogens (tertiary/aromatic N) is 3. The van der Waals surface area contributed by atoms with Crippen LogP contribution in [-0.2, 0) is 0 Å². The summed E-state index contributed by atoms with van der Waals surface area (Å²) >= 11 is 6.19. The molecule has 0 aliphatic rings. The Morgan fingerprint density at radius 3 is 2.70 bits per heavy atom. The molecule has 9 heteroatoms. The van der Waals surface area contributed by atoms with Gasteiger partial charge in [0.25, 0.3) is 0 Å². The van der Waals surface area contributed by atoms with E-state index >= 15 is 0 Å². The van der Waals surface area contributed by atoms with Crippen molar-refractivity contribution in [3.63, 3.8) is 0 Å². The minimum atomic E-state index is -0.0642. The van der Waals surface area contributed by atoms with Crippen LogP contribution in [0.25, 0.3) is 5.76 Å². The van der Waals surface area contributed by atoms with Crippen LogP contribution in [0.3, 0.4) is 0 Å². The molecule has 0 amide bonds. The van der Waals surface area contributed by atoms with Gasteiger partial charge in [-0.25, -0.2) is 9.97 Å². The first kappa shape index (κ1) is 16.5. The summed E-state index contributed by atoms with van der Waals surface area (Å²) < 4.78 is 10.7. The SMILES string of the molecule is CNc1c(N=O)ncc(O/C(=C/N)c2ccc(OC)cn2)c1Cl. The maximum absolute atomic E-state index is 10.7. The van der Waals surface area contributed by atoms with E-state index in [1.165, 1.54) is 18.6 Å². The van der Waals surface area contributed by atoms with E-state index < -0.39 is 0 Å². The number of nitrogens with two attached hydrogens (primary N) is 1. The molecule has 8 nitrogen and oxygen atoms in total. The number of methoxy groups -OCH3 is 1. The van der Waals surface area contributed by atoms with Crippen molar-refractivity contribution in [2.75, 3.05) is 19.5 Å². The van der Waals surface area contributed by atoms with E-state index in [4.69, 9.17) is 26.8 Å². The van der Waals surface area contributed by atoms with Gasteiger partial charge in [0.1, 0.15) is 22.2 Å². The standard InChI is InChI=1S/C14H14ClN5O3/c1-17-13-12(15)11(7-19-14(13)20-21)23-10(5-16)9-4-3-8(22-2)6-18-9/h3-7,17H,16H2,1-2H3/b10-5+. The van der Waals surface area contributed by atoms with Gasteiger partial charge < -0.3 is 20.5 Å². The lowest BCUT2D eigenvalue weighted by molar-refractivity contribution is 0.412. The van der Waals surface area contributed by atoms with Crippen molar-refractivity contribution in [3.05, 3.63) is 46.4 Å². The Balaban J connectivity index is 2.34. The number of hydrogen-bond acceptors (Lipinski definition) is 8. The second-order valence-electron chi connectivity index (χ2n) is 4.19. The lowest BCUT2D eigenvalue weighted by atomic mass is 10.3. The van der Waals surface area contributed by atoms with Crippen molar-refractivity contribution >= 4 is 28.9 Å². The molecule has 0 radical (unpaired) electrons. The second kappa shape index (κ2) is 7.41. The van der Waals surface area contributed by atoms with Gasteiger partial charge >= 0.3 is 0 Å². The molecule has 2 rings (SSSR count). The number of hydrogen-bond donors (Lipinski definition) is 2. The number of halogens is 1. The average molecular weight is 336 g/mol. The van der Waals surface area contributed by atoms with Crippen molar-refractivity contribution < 1.29 is 9.47 Å². The third-order valence-electron chi connectivity index (χ3n) is 2.90. The molecule has 0 saturated carbocycles. The first-order chi connectivity index (χ1) is 11.1. The summed E-state index contributed by atoms with van der Waals surface area (Å²) in [5.74, 6) is 1.01. The normalized spacial score (nSPS) is 11.0. The lowest BCUT2D eigenvalue weighted by Gasteiger charge is -2.13.